The van der Waals surface area contributed by atoms with Crippen molar-refractivity contribution in [1.29, 1.82) is 0 Å². The summed E-state index contributed by atoms with van der Waals surface area (Å²) in [5, 5.41) is 8.60. The molecule has 0 saturated carbocycles. The van der Waals surface area contributed by atoms with Gasteiger partial charge in [0.1, 0.15) is 5.75 Å². The van der Waals surface area contributed by atoms with Gasteiger partial charge in [-0.3, -0.25) is 0 Å². The third-order valence-corrected chi connectivity index (χ3v) is 3.15. The van der Waals surface area contributed by atoms with E-state index < -0.39 is 17.8 Å². The summed E-state index contributed by atoms with van der Waals surface area (Å²) in [5.41, 5.74) is 1.08. The standard InChI is InChI=1S/C12H12F2O3/c1-17-9-4-2-3-7-5-6-8(10(7)9)12(13,14)11(15)16/h2-4,8H,5-6H2,1H3,(H,15,16). The molecule has 1 aliphatic rings. The Hall–Kier alpha value is -1.65. The van der Waals surface area contributed by atoms with Crippen LogP contribution in [0.3, 0.4) is 0 Å². The molecule has 0 radical (unpaired) electrons. The van der Waals surface area contributed by atoms with Gasteiger partial charge < -0.3 is 9.84 Å². The van der Waals surface area contributed by atoms with E-state index in [1.807, 2.05) is 0 Å². The lowest BCUT2D eigenvalue weighted by molar-refractivity contribution is -0.168. The van der Waals surface area contributed by atoms with Crippen LogP contribution in [-0.2, 0) is 11.2 Å². The summed E-state index contributed by atoms with van der Waals surface area (Å²) in [6, 6.07) is 5.03. The molecular weight excluding hydrogens is 230 g/mol. The summed E-state index contributed by atoms with van der Waals surface area (Å²) in [7, 11) is 1.39. The van der Waals surface area contributed by atoms with Crippen molar-refractivity contribution < 1.29 is 23.4 Å². The molecule has 0 spiro atoms. The number of ether oxygens (including phenoxy) is 1. The molecule has 0 bridgehead atoms. The third-order valence-electron chi connectivity index (χ3n) is 3.15. The lowest BCUT2D eigenvalue weighted by Gasteiger charge is -2.21. The molecule has 1 atom stereocenters. The first-order valence-electron chi connectivity index (χ1n) is 5.25. The number of rotatable bonds is 3. The van der Waals surface area contributed by atoms with Gasteiger partial charge in [0.05, 0.1) is 13.0 Å². The van der Waals surface area contributed by atoms with E-state index in [1.54, 1.807) is 18.2 Å². The number of carboxylic acid groups (broad SMARTS) is 1. The molecule has 0 fully saturated rings. The van der Waals surface area contributed by atoms with E-state index in [-0.39, 0.29) is 6.42 Å². The summed E-state index contributed by atoms with van der Waals surface area (Å²) in [4.78, 5) is 10.6. The Bertz CT molecular complexity index is 457. The fourth-order valence-electron chi connectivity index (χ4n) is 2.34. The van der Waals surface area contributed by atoms with E-state index >= 15 is 0 Å². The predicted molar refractivity (Wildman–Crippen MR) is 56.6 cm³/mol. The van der Waals surface area contributed by atoms with Gasteiger partial charge in [-0.2, -0.15) is 8.78 Å². The molecule has 0 amide bonds. The first kappa shape index (κ1) is 11.8. The van der Waals surface area contributed by atoms with Crippen LogP contribution < -0.4 is 4.74 Å². The van der Waals surface area contributed by atoms with Crippen molar-refractivity contribution in [2.45, 2.75) is 24.7 Å². The number of benzene rings is 1. The molecule has 17 heavy (non-hydrogen) atoms. The Balaban J connectivity index is 2.49. The second kappa shape index (κ2) is 3.98. The number of aryl methyl sites for hydroxylation is 1. The Morgan fingerprint density at radius 2 is 2.24 bits per heavy atom. The summed E-state index contributed by atoms with van der Waals surface area (Å²) in [5.74, 6) is -6.79. The number of aliphatic carboxylic acids is 1. The van der Waals surface area contributed by atoms with E-state index in [4.69, 9.17) is 9.84 Å². The predicted octanol–water partition coefficient (Wildman–Crippen LogP) is 2.44. The molecule has 0 aromatic heterocycles. The molecule has 0 aliphatic heterocycles. The van der Waals surface area contributed by atoms with Crippen molar-refractivity contribution in [3.05, 3.63) is 29.3 Å². The highest BCUT2D eigenvalue weighted by Crippen LogP contribution is 2.47. The number of carbonyl (C=O) groups is 1. The van der Waals surface area contributed by atoms with Gasteiger partial charge in [-0.05, 0) is 24.5 Å². The number of halogens is 2. The minimum Gasteiger partial charge on any atom is -0.496 e. The second-order valence-corrected chi connectivity index (χ2v) is 4.05. The van der Waals surface area contributed by atoms with Gasteiger partial charge in [0.15, 0.2) is 0 Å². The molecule has 1 aliphatic carbocycles. The van der Waals surface area contributed by atoms with Gasteiger partial charge in [0, 0.05) is 5.56 Å². The highest BCUT2D eigenvalue weighted by Gasteiger charge is 2.51. The summed E-state index contributed by atoms with van der Waals surface area (Å²) in [6.07, 6.45) is 0.592. The second-order valence-electron chi connectivity index (χ2n) is 4.05. The fraction of sp³-hybridized carbons (Fsp3) is 0.417. The lowest BCUT2D eigenvalue weighted by atomic mass is 9.93. The SMILES string of the molecule is COc1cccc2c1C(C(F)(F)C(=O)O)CC2. The quantitative estimate of drug-likeness (QED) is 0.885. The molecule has 1 aromatic carbocycles. The Morgan fingerprint density at radius 1 is 1.53 bits per heavy atom. The maximum absolute atomic E-state index is 13.6. The molecule has 5 heteroatoms. The van der Waals surface area contributed by atoms with Crippen LogP contribution in [0.25, 0.3) is 0 Å². The number of carboxylic acids is 1. The third kappa shape index (κ3) is 1.75. The average Bonchev–Trinajstić information content (AvgIpc) is 2.72. The largest absolute Gasteiger partial charge is 0.496 e. The van der Waals surface area contributed by atoms with Gasteiger partial charge in [-0.15, -0.1) is 0 Å². The fourth-order valence-corrected chi connectivity index (χ4v) is 2.34. The van der Waals surface area contributed by atoms with Gasteiger partial charge in [0.2, 0.25) is 0 Å². The van der Waals surface area contributed by atoms with Crippen molar-refractivity contribution in [2.75, 3.05) is 7.11 Å². The molecule has 1 unspecified atom stereocenters. The van der Waals surface area contributed by atoms with Crippen LogP contribution >= 0.6 is 0 Å². The topological polar surface area (TPSA) is 46.5 Å². The van der Waals surface area contributed by atoms with Gasteiger partial charge in [0.25, 0.3) is 0 Å². The Kier molecular flexibility index (Phi) is 2.77. The molecule has 1 aromatic rings. The van der Waals surface area contributed by atoms with Gasteiger partial charge in [-0.25, -0.2) is 4.79 Å². The Morgan fingerprint density at radius 3 is 2.82 bits per heavy atom. The highest BCUT2D eigenvalue weighted by atomic mass is 19.3. The lowest BCUT2D eigenvalue weighted by Crippen LogP contribution is -2.34. The van der Waals surface area contributed by atoms with Crippen LogP contribution in [0.4, 0.5) is 8.78 Å². The number of fused-ring (bicyclic) bond motifs is 1. The minimum atomic E-state index is -3.75. The first-order chi connectivity index (χ1) is 7.98. The van der Waals surface area contributed by atoms with Gasteiger partial charge in [-0.1, -0.05) is 12.1 Å². The minimum absolute atomic E-state index is 0.134. The van der Waals surface area contributed by atoms with Crippen molar-refractivity contribution in [2.24, 2.45) is 0 Å². The zero-order valence-corrected chi connectivity index (χ0v) is 9.24. The van der Waals surface area contributed by atoms with Crippen LogP contribution in [0, 0.1) is 0 Å². The van der Waals surface area contributed by atoms with E-state index in [0.717, 1.165) is 5.56 Å². The molecule has 1 N–H and O–H groups in total. The molecular formula is C12H12F2O3. The molecule has 0 saturated heterocycles. The summed E-state index contributed by atoms with van der Waals surface area (Å²) >= 11 is 0. The maximum Gasteiger partial charge on any atom is 0.375 e. The molecule has 3 nitrogen and oxygen atoms in total. The normalized spacial score (nSPS) is 18.9. The van der Waals surface area contributed by atoms with Crippen molar-refractivity contribution >= 4 is 5.97 Å². The van der Waals surface area contributed by atoms with Crippen molar-refractivity contribution in [3.8, 4) is 5.75 Å². The van der Waals surface area contributed by atoms with Crippen LogP contribution in [0.2, 0.25) is 0 Å². The smallest absolute Gasteiger partial charge is 0.375 e. The zero-order chi connectivity index (χ0) is 12.6. The first-order valence-corrected chi connectivity index (χ1v) is 5.25. The zero-order valence-electron chi connectivity index (χ0n) is 9.24. The van der Waals surface area contributed by atoms with E-state index in [2.05, 4.69) is 0 Å². The van der Waals surface area contributed by atoms with E-state index in [0.29, 0.717) is 17.7 Å². The van der Waals surface area contributed by atoms with Crippen LogP contribution in [0.5, 0.6) is 5.75 Å². The van der Waals surface area contributed by atoms with Crippen LogP contribution in [0.15, 0.2) is 18.2 Å². The number of alkyl halides is 2. The van der Waals surface area contributed by atoms with Gasteiger partial charge >= 0.3 is 11.9 Å². The summed E-state index contributed by atoms with van der Waals surface area (Å²) in [6.45, 7) is 0. The van der Waals surface area contributed by atoms with Crippen LogP contribution in [-0.4, -0.2) is 24.1 Å². The monoisotopic (exact) mass is 242 g/mol. The maximum atomic E-state index is 13.6. The van der Waals surface area contributed by atoms with E-state index in [9.17, 15) is 13.6 Å². The molecule has 0 heterocycles. The van der Waals surface area contributed by atoms with E-state index in [1.165, 1.54) is 7.11 Å². The van der Waals surface area contributed by atoms with Crippen molar-refractivity contribution in [3.63, 3.8) is 0 Å². The average molecular weight is 242 g/mol. The number of hydrogen-bond acceptors (Lipinski definition) is 2. The van der Waals surface area contributed by atoms with Crippen molar-refractivity contribution in [1.82, 2.24) is 0 Å². The number of hydrogen-bond donors (Lipinski definition) is 1. The molecule has 2 rings (SSSR count). The molecule has 92 valence electrons. The Labute approximate surface area is 97.0 Å². The number of methoxy groups -OCH3 is 1. The highest BCUT2D eigenvalue weighted by molar-refractivity contribution is 5.77. The summed E-state index contributed by atoms with van der Waals surface area (Å²) < 4.78 is 32.2. The van der Waals surface area contributed by atoms with Crippen LogP contribution in [0.1, 0.15) is 23.5 Å².